The molecule has 1 amide bonds. The molecule has 1 fully saturated rings. The molecule has 3 aromatic rings. The van der Waals surface area contributed by atoms with Crippen LogP contribution in [0.1, 0.15) is 40.0 Å². The van der Waals surface area contributed by atoms with Gasteiger partial charge in [0, 0.05) is 35.4 Å². The van der Waals surface area contributed by atoms with Crippen molar-refractivity contribution in [3.8, 4) is 11.3 Å². The Bertz CT molecular complexity index is 1020. The maximum absolute atomic E-state index is 13.2. The zero-order chi connectivity index (χ0) is 21.1. The molecule has 1 aromatic heterocycles. The lowest BCUT2D eigenvalue weighted by Crippen LogP contribution is -2.37. The quantitative estimate of drug-likeness (QED) is 0.529. The third-order valence-electron chi connectivity index (χ3n) is 5.39. The summed E-state index contributed by atoms with van der Waals surface area (Å²) in [5, 5.41) is 4.83. The van der Waals surface area contributed by atoms with E-state index in [1.54, 1.807) is 29.2 Å². The average molecular weight is 425 g/mol. The second kappa shape index (κ2) is 9.02. The highest BCUT2D eigenvalue weighted by Gasteiger charge is 2.25. The Balaban J connectivity index is 1.56. The summed E-state index contributed by atoms with van der Waals surface area (Å²) in [6.07, 6.45) is 2.03. The van der Waals surface area contributed by atoms with Crippen LogP contribution in [0.3, 0.4) is 0 Å². The van der Waals surface area contributed by atoms with E-state index < -0.39 is 0 Å². The van der Waals surface area contributed by atoms with Gasteiger partial charge in [-0.2, -0.15) is 0 Å². The topological polar surface area (TPSA) is 55.6 Å². The number of nitrogens with zero attached hydrogens (tertiary/aromatic N) is 2. The number of carbonyl (C=O) groups is 1. The van der Waals surface area contributed by atoms with E-state index >= 15 is 0 Å². The minimum absolute atomic E-state index is 0.0481. The molecule has 1 saturated heterocycles. The van der Waals surface area contributed by atoms with Gasteiger partial charge in [0.1, 0.15) is 5.69 Å². The van der Waals surface area contributed by atoms with Gasteiger partial charge in [-0.1, -0.05) is 40.5 Å². The maximum atomic E-state index is 13.2. The molecule has 5 nitrogen and oxygen atoms in total. The number of benzene rings is 2. The number of rotatable bonds is 6. The summed E-state index contributed by atoms with van der Waals surface area (Å²) in [4.78, 5) is 15.0. The van der Waals surface area contributed by atoms with Crippen molar-refractivity contribution in [1.82, 2.24) is 10.1 Å². The summed E-state index contributed by atoms with van der Waals surface area (Å²) in [7, 11) is 0. The highest BCUT2D eigenvalue weighted by atomic mass is 35.5. The summed E-state index contributed by atoms with van der Waals surface area (Å²) in [6.45, 7) is 5.74. The molecule has 0 radical (unpaired) electrons. The van der Waals surface area contributed by atoms with Crippen molar-refractivity contribution in [3.05, 3.63) is 75.9 Å². The Morgan fingerprint density at radius 2 is 1.97 bits per heavy atom. The van der Waals surface area contributed by atoms with Gasteiger partial charge in [-0.15, -0.1) is 0 Å². The molecule has 2 heterocycles. The summed E-state index contributed by atoms with van der Waals surface area (Å²) >= 11 is 5.98. The summed E-state index contributed by atoms with van der Waals surface area (Å²) in [5.74, 6) is 0.636. The first kappa shape index (κ1) is 20.6. The van der Waals surface area contributed by atoms with Gasteiger partial charge in [-0.25, -0.2) is 0 Å². The predicted octanol–water partition coefficient (Wildman–Crippen LogP) is 5.43. The fourth-order valence-corrected chi connectivity index (χ4v) is 3.95. The van der Waals surface area contributed by atoms with E-state index in [1.165, 1.54) is 5.56 Å². The lowest BCUT2D eigenvalue weighted by atomic mass is 10.0. The van der Waals surface area contributed by atoms with E-state index in [9.17, 15) is 4.79 Å². The van der Waals surface area contributed by atoms with Crippen molar-refractivity contribution in [2.24, 2.45) is 0 Å². The van der Waals surface area contributed by atoms with Crippen molar-refractivity contribution >= 4 is 17.5 Å². The van der Waals surface area contributed by atoms with Crippen LogP contribution in [-0.2, 0) is 11.3 Å². The molecule has 1 aliphatic rings. The SMILES string of the molecule is Cc1ccc(-c2cc(CN(C[C@@H]3CCCO3)C(=O)c3ccc(Cl)cc3)no2)c(C)c1. The molecule has 156 valence electrons. The van der Waals surface area contributed by atoms with Gasteiger partial charge < -0.3 is 14.2 Å². The molecule has 2 aromatic carbocycles. The fraction of sp³-hybridized carbons (Fsp3) is 0.333. The van der Waals surface area contributed by atoms with Crippen LogP contribution < -0.4 is 0 Å². The molecule has 1 aliphatic heterocycles. The molecule has 6 heteroatoms. The summed E-state index contributed by atoms with van der Waals surface area (Å²) < 4.78 is 11.4. The first-order valence-electron chi connectivity index (χ1n) is 10.2. The van der Waals surface area contributed by atoms with Crippen LogP contribution in [0.5, 0.6) is 0 Å². The molecular weight excluding hydrogens is 400 g/mol. The third-order valence-corrected chi connectivity index (χ3v) is 5.64. The molecule has 0 N–H and O–H groups in total. The Morgan fingerprint density at radius 3 is 2.67 bits per heavy atom. The van der Waals surface area contributed by atoms with E-state index in [2.05, 4.69) is 31.1 Å². The number of hydrogen-bond acceptors (Lipinski definition) is 4. The highest BCUT2D eigenvalue weighted by Crippen LogP contribution is 2.26. The minimum Gasteiger partial charge on any atom is -0.376 e. The normalized spacial score (nSPS) is 16.0. The lowest BCUT2D eigenvalue weighted by molar-refractivity contribution is 0.0502. The Labute approximate surface area is 181 Å². The van der Waals surface area contributed by atoms with Gasteiger partial charge in [0.15, 0.2) is 5.76 Å². The van der Waals surface area contributed by atoms with E-state index in [0.717, 1.165) is 30.6 Å². The van der Waals surface area contributed by atoms with Gasteiger partial charge in [-0.3, -0.25) is 4.79 Å². The van der Waals surface area contributed by atoms with Crippen LogP contribution in [-0.4, -0.2) is 35.2 Å². The van der Waals surface area contributed by atoms with Crippen molar-refractivity contribution in [2.75, 3.05) is 13.2 Å². The smallest absolute Gasteiger partial charge is 0.254 e. The van der Waals surface area contributed by atoms with E-state index in [0.29, 0.717) is 35.1 Å². The number of aryl methyl sites for hydroxylation is 2. The number of hydrogen-bond donors (Lipinski definition) is 0. The van der Waals surface area contributed by atoms with Crippen LogP contribution in [0, 0.1) is 13.8 Å². The molecular formula is C24H25ClN2O3. The maximum Gasteiger partial charge on any atom is 0.254 e. The third kappa shape index (κ3) is 4.74. The average Bonchev–Trinajstić information content (AvgIpc) is 3.40. The fourth-order valence-electron chi connectivity index (χ4n) is 3.83. The van der Waals surface area contributed by atoms with Crippen molar-refractivity contribution in [3.63, 3.8) is 0 Å². The molecule has 0 saturated carbocycles. The zero-order valence-electron chi connectivity index (χ0n) is 17.2. The number of amides is 1. The van der Waals surface area contributed by atoms with Crippen molar-refractivity contribution < 1.29 is 14.1 Å². The molecule has 1 atom stereocenters. The standard InChI is InChI=1S/C24H25ClN2O3/c1-16-5-10-22(17(2)12-16)23-13-20(26-30-23)14-27(15-21-4-3-11-29-21)24(28)18-6-8-19(25)9-7-18/h5-10,12-13,21H,3-4,11,14-15H2,1-2H3/t21-/m0/s1. The van der Waals surface area contributed by atoms with Crippen molar-refractivity contribution in [1.29, 1.82) is 0 Å². The van der Waals surface area contributed by atoms with Gasteiger partial charge >= 0.3 is 0 Å². The van der Waals surface area contributed by atoms with Crippen LogP contribution >= 0.6 is 11.6 Å². The molecule has 0 spiro atoms. The van der Waals surface area contributed by atoms with Crippen LogP contribution in [0.25, 0.3) is 11.3 Å². The Hall–Kier alpha value is -2.63. The number of aromatic nitrogens is 1. The van der Waals surface area contributed by atoms with Gasteiger partial charge in [0.2, 0.25) is 0 Å². The minimum atomic E-state index is -0.0711. The number of carbonyl (C=O) groups excluding carboxylic acids is 1. The molecule has 0 aliphatic carbocycles. The number of halogens is 1. The second-order valence-corrected chi connectivity index (χ2v) is 8.26. The first-order valence-corrected chi connectivity index (χ1v) is 10.6. The second-order valence-electron chi connectivity index (χ2n) is 7.83. The first-order chi connectivity index (χ1) is 14.5. The van der Waals surface area contributed by atoms with E-state index in [1.807, 2.05) is 12.1 Å². The van der Waals surface area contributed by atoms with Gasteiger partial charge in [0.05, 0.1) is 12.6 Å². The number of ether oxygens (including phenoxy) is 1. The molecule has 30 heavy (non-hydrogen) atoms. The van der Waals surface area contributed by atoms with Crippen molar-refractivity contribution in [2.45, 2.75) is 39.3 Å². The van der Waals surface area contributed by atoms with Crippen LogP contribution in [0.2, 0.25) is 5.02 Å². The molecule has 0 unspecified atom stereocenters. The Kier molecular flexibility index (Phi) is 6.21. The van der Waals surface area contributed by atoms with Crippen LogP contribution in [0.15, 0.2) is 53.1 Å². The highest BCUT2D eigenvalue weighted by molar-refractivity contribution is 6.30. The molecule has 4 rings (SSSR count). The van der Waals surface area contributed by atoms with Gasteiger partial charge in [-0.05, 0) is 56.5 Å². The zero-order valence-corrected chi connectivity index (χ0v) is 18.0. The van der Waals surface area contributed by atoms with E-state index in [4.69, 9.17) is 20.9 Å². The van der Waals surface area contributed by atoms with Gasteiger partial charge in [0.25, 0.3) is 5.91 Å². The Morgan fingerprint density at radius 1 is 1.17 bits per heavy atom. The molecule has 0 bridgehead atoms. The largest absolute Gasteiger partial charge is 0.376 e. The lowest BCUT2D eigenvalue weighted by Gasteiger charge is -2.24. The van der Waals surface area contributed by atoms with Crippen LogP contribution in [0.4, 0.5) is 0 Å². The summed E-state index contributed by atoms with van der Waals surface area (Å²) in [5.41, 5.74) is 4.65. The predicted molar refractivity (Wildman–Crippen MR) is 117 cm³/mol. The monoisotopic (exact) mass is 424 g/mol. The summed E-state index contributed by atoms with van der Waals surface area (Å²) in [6, 6.07) is 15.1. The van der Waals surface area contributed by atoms with E-state index in [-0.39, 0.29) is 12.0 Å².